The van der Waals surface area contributed by atoms with Crippen LogP contribution in [0.3, 0.4) is 0 Å². The Morgan fingerprint density at radius 3 is 2.61 bits per heavy atom. The Morgan fingerprint density at radius 2 is 1.91 bits per heavy atom. The maximum Gasteiger partial charge on any atom is 0.323 e. The van der Waals surface area contributed by atoms with Gasteiger partial charge in [-0.1, -0.05) is 23.2 Å². The van der Waals surface area contributed by atoms with Crippen molar-refractivity contribution in [2.24, 2.45) is 0 Å². The van der Waals surface area contributed by atoms with E-state index < -0.39 is 12.1 Å². The molecule has 0 aliphatic heterocycles. The van der Waals surface area contributed by atoms with E-state index >= 15 is 0 Å². The molecule has 4 heterocycles. The lowest BCUT2D eigenvalue weighted by Gasteiger charge is -2.20. The maximum atomic E-state index is 12.8. The molecule has 2 amide bonds. The standard InChI is InChI=1S/C19H19Cl2N9O3/c1-32-6-3-14(33-2)17-13(10-22-16-8-15(21)28-29(16)17)27-19(31)26-11-7-12(20)18(23-9-11)30-24-4-5-25-30/h4-5,7-10,14H,3,6H2,1-2H3,(H2,26,27,31). The first-order chi connectivity index (χ1) is 16.0. The third-order valence-corrected chi connectivity index (χ3v) is 5.06. The van der Waals surface area contributed by atoms with Gasteiger partial charge in [0.2, 0.25) is 0 Å². The molecule has 14 heteroatoms. The summed E-state index contributed by atoms with van der Waals surface area (Å²) in [5.74, 6) is 0.334. The molecule has 4 aromatic heterocycles. The predicted octanol–water partition coefficient (Wildman–Crippen LogP) is 3.38. The highest BCUT2D eigenvalue weighted by Crippen LogP contribution is 2.29. The Kier molecular flexibility index (Phi) is 6.99. The van der Waals surface area contributed by atoms with Gasteiger partial charge in [-0.2, -0.15) is 15.3 Å². The molecular formula is C19H19Cl2N9O3. The molecule has 1 unspecified atom stereocenters. The summed E-state index contributed by atoms with van der Waals surface area (Å²) in [5, 5.41) is 18.2. The summed E-state index contributed by atoms with van der Waals surface area (Å²) in [6.45, 7) is 0.435. The lowest BCUT2D eigenvalue weighted by molar-refractivity contribution is 0.0624. The Labute approximate surface area is 197 Å². The SMILES string of the molecule is COCCC(OC)c1c(NC(=O)Nc2cnc(-n3nccn3)c(Cl)c2)cnc2cc(Cl)nn12. The van der Waals surface area contributed by atoms with Crippen LogP contribution in [0.15, 0.2) is 36.9 Å². The van der Waals surface area contributed by atoms with Gasteiger partial charge in [0.15, 0.2) is 16.6 Å². The Balaban J connectivity index is 1.58. The number of hydrogen-bond donors (Lipinski definition) is 2. The number of pyridine rings is 1. The fourth-order valence-corrected chi connectivity index (χ4v) is 3.59. The van der Waals surface area contributed by atoms with E-state index in [4.69, 9.17) is 32.7 Å². The second-order valence-corrected chi connectivity index (χ2v) is 7.52. The maximum absolute atomic E-state index is 12.8. The van der Waals surface area contributed by atoms with Gasteiger partial charge in [0.1, 0.15) is 6.10 Å². The number of fused-ring (bicyclic) bond motifs is 1. The van der Waals surface area contributed by atoms with Crippen molar-refractivity contribution in [3.63, 3.8) is 0 Å². The number of aromatic nitrogens is 7. The first-order valence-electron chi connectivity index (χ1n) is 9.66. The fraction of sp³-hybridized carbons (Fsp3) is 0.263. The van der Waals surface area contributed by atoms with Gasteiger partial charge in [-0.25, -0.2) is 19.3 Å². The average molecular weight is 492 g/mol. The van der Waals surface area contributed by atoms with Crippen molar-refractivity contribution < 1.29 is 14.3 Å². The van der Waals surface area contributed by atoms with Crippen LogP contribution in [0, 0.1) is 0 Å². The number of anilines is 2. The zero-order valence-corrected chi connectivity index (χ0v) is 19.1. The van der Waals surface area contributed by atoms with E-state index in [0.29, 0.717) is 41.6 Å². The van der Waals surface area contributed by atoms with Gasteiger partial charge in [-0.05, 0) is 6.07 Å². The van der Waals surface area contributed by atoms with Gasteiger partial charge in [-0.3, -0.25) is 0 Å². The van der Waals surface area contributed by atoms with Crippen LogP contribution in [-0.4, -0.2) is 61.4 Å². The minimum absolute atomic E-state index is 0.262. The smallest absolute Gasteiger partial charge is 0.323 e. The van der Waals surface area contributed by atoms with Crippen LogP contribution in [0.4, 0.5) is 16.2 Å². The summed E-state index contributed by atoms with van der Waals surface area (Å²) in [6.07, 6.45) is 6.04. The van der Waals surface area contributed by atoms with E-state index in [1.165, 1.54) is 34.1 Å². The highest BCUT2D eigenvalue weighted by molar-refractivity contribution is 6.32. The van der Waals surface area contributed by atoms with Crippen molar-refractivity contribution >= 4 is 46.3 Å². The molecule has 0 saturated heterocycles. The molecule has 0 radical (unpaired) electrons. The summed E-state index contributed by atoms with van der Waals surface area (Å²) < 4.78 is 12.3. The van der Waals surface area contributed by atoms with E-state index in [1.807, 2.05) is 0 Å². The van der Waals surface area contributed by atoms with Crippen molar-refractivity contribution in [1.29, 1.82) is 0 Å². The average Bonchev–Trinajstić information content (AvgIpc) is 3.44. The van der Waals surface area contributed by atoms with Gasteiger partial charge in [-0.15, -0.1) is 4.80 Å². The number of methoxy groups -OCH3 is 2. The van der Waals surface area contributed by atoms with Gasteiger partial charge in [0.25, 0.3) is 0 Å². The summed E-state index contributed by atoms with van der Waals surface area (Å²) in [4.78, 5) is 22.5. The second-order valence-electron chi connectivity index (χ2n) is 6.73. The van der Waals surface area contributed by atoms with Gasteiger partial charge in [0, 0.05) is 33.3 Å². The van der Waals surface area contributed by atoms with Crippen LogP contribution < -0.4 is 10.6 Å². The third-order valence-electron chi connectivity index (χ3n) is 4.60. The highest BCUT2D eigenvalue weighted by atomic mass is 35.5. The number of carbonyl (C=O) groups excluding carboxylic acids is 1. The lowest BCUT2D eigenvalue weighted by Crippen LogP contribution is -2.23. The molecule has 33 heavy (non-hydrogen) atoms. The van der Waals surface area contributed by atoms with Crippen LogP contribution in [0.1, 0.15) is 18.2 Å². The monoisotopic (exact) mass is 491 g/mol. The summed E-state index contributed by atoms with van der Waals surface area (Å²) in [5.41, 5.74) is 1.84. The quantitative estimate of drug-likeness (QED) is 0.383. The highest BCUT2D eigenvalue weighted by Gasteiger charge is 2.22. The van der Waals surface area contributed by atoms with Crippen molar-refractivity contribution in [2.45, 2.75) is 12.5 Å². The predicted molar refractivity (Wildman–Crippen MR) is 121 cm³/mol. The van der Waals surface area contributed by atoms with Crippen molar-refractivity contribution in [3.05, 3.63) is 52.8 Å². The molecule has 0 aliphatic rings. The fourth-order valence-electron chi connectivity index (χ4n) is 3.18. The number of urea groups is 1. The Morgan fingerprint density at radius 1 is 1.12 bits per heavy atom. The number of amides is 2. The number of rotatable bonds is 8. The zero-order chi connectivity index (χ0) is 23.4. The number of nitrogens with zero attached hydrogens (tertiary/aromatic N) is 7. The normalized spacial score (nSPS) is 12.1. The zero-order valence-electron chi connectivity index (χ0n) is 17.6. The molecule has 12 nitrogen and oxygen atoms in total. The molecule has 0 aromatic carbocycles. The first-order valence-corrected chi connectivity index (χ1v) is 10.4. The summed E-state index contributed by atoms with van der Waals surface area (Å²) >= 11 is 12.3. The topological polar surface area (TPSA) is 133 Å². The van der Waals surface area contributed by atoms with E-state index in [9.17, 15) is 4.79 Å². The van der Waals surface area contributed by atoms with E-state index in [-0.39, 0.29) is 10.2 Å². The van der Waals surface area contributed by atoms with Crippen LogP contribution in [-0.2, 0) is 9.47 Å². The molecule has 0 spiro atoms. The molecule has 2 N–H and O–H groups in total. The molecule has 0 saturated carbocycles. The molecule has 4 rings (SSSR count). The molecule has 0 bridgehead atoms. The Bertz CT molecular complexity index is 1260. The van der Waals surface area contributed by atoms with Gasteiger partial charge < -0.3 is 20.1 Å². The van der Waals surface area contributed by atoms with E-state index in [0.717, 1.165) is 0 Å². The van der Waals surface area contributed by atoms with E-state index in [2.05, 4.69) is 35.9 Å². The van der Waals surface area contributed by atoms with E-state index in [1.54, 1.807) is 26.4 Å². The minimum atomic E-state index is -0.542. The van der Waals surface area contributed by atoms with Gasteiger partial charge >= 0.3 is 6.03 Å². The largest absolute Gasteiger partial charge is 0.385 e. The van der Waals surface area contributed by atoms with Crippen molar-refractivity contribution in [1.82, 2.24) is 34.6 Å². The summed E-state index contributed by atoms with van der Waals surface area (Å²) in [7, 11) is 3.16. The number of carbonyl (C=O) groups is 1. The second kappa shape index (κ2) is 10.1. The van der Waals surface area contributed by atoms with Gasteiger partial charge in [0.05, 0.1) is 46.9 Å². The van der Waals surface area contributed by atoms with Crippen LogP contribution >= 0.6 is 23.2 Å². The third kappa shape index (κ3) is 5.03. The van der Waals surface area contributed by atoms with Crippen LogP contribution in [0.2, 0.25) is 10.2 Å². The van der Waals surface area contributed by atoms with Crippen molar-refractivity contribution in [3.8, 4) is 5.82 Å². The minimum Gasteiger partial charge on any atom is -0.385 e. The van der Waals surface area contributed by atoms with Crippen LogP contribution in [0.5, 0.6) is 0 Å². The molecule has 1 atom stereocenters. The number of halogens is 2. The Hall–Kier alpha value is -3.32. The molecule has 4 aromatic rings. The summed E-state index contributed by atoms with van der Waals surface area (Å²) in [6, 6.07) is 2.61. The number of nitrogens with one attached hydrogen (secondary N) is 2. The molecule has 0 aliphatic carbocycles. The van der Waals surface area contributed by atoms with Crippen molar-refractivity contribution in [2.75, 3.05) is 31.5 Å². The molecule has 0 fully saturated rings. The number of ether oxygens (including phenoxy) is 2. The molecular weight excluding hydrogens is 473 g/mol. The lowest BCUT2D eigenvalue weighted by atomic mass is 10.1. The van der Waals surface area contributed by atoms with Crippen LogP contribution in [0.25, 0.3) is 11.5 Å². The first kappa shape index (κ1) is 22.9. The number of hydrogen-bond acceptors (Lipinski definition) is 8. The molecule has 172 valence electrons.